The number of rotatable bonds is 3. The molecule has 0 bridgehead atoms. The van der Waals surface area contributed by atoms with Crippen molar-refractivity contribution in [3.63, 3.8) is 0 Å². The van der Waals surface area contributed by atoms with Gasteiger partial charge in [-0.05, 0) is 53.5 Å². The maximum Gasteiger partial charge on any atom is 0.416 e. The Labute approximate surface area is 144 Å². The molecule has 2 rings (SSSR count). The topological polar surface area (TPSA) is 40.1 Å². The highest BCUT2D eigenvalue weighted by Gasteiger charge is 2.31. The minimum atomic E-state index is -4.57. The summed E-state index contributed by atoms with van der Waals surface area (Å²) in [5, 5.41) is 11.2. The fraction of sp³-hybridized carbons (Fsp3) is 0.167. The Hall–Kier alpha value is -2.77. The van der Waals surface area contributed by atoms with Crippen molar-refractivity contribution in [2.75, 3.05) is 0 Å². The van der Waals surface area contributed by atoms with Gasteiger partial charge in [-0.2, -0.15) is 26.3 Å². The van der Waals surface area contributed by atoms with Crippen LogP contribution in [0.2, 0.25) is 0 Å². The summed E-state index contributed by atoms with van der Waals surface area (Å²) in [6.07, 6.45) is -9.14. The lowest BCUT2D eigenvalue weighted by atomic mass is 9.92. The SMILES string of the molecule is CC(C(=O)[O-])=C(c1ccc(C(F)(F)F)cc1)c1ccc(C(F)(F)F)cc1. The highest BCUT2D eigenvalue weighted by Crippen LogP contribution is 2.34. The molecule has 0 N–H and O–H groups in total. The quantitative estimate of drug-likeness (QED) is 0.595. The van der Waals surface area contributed by atoms with Gasteiger partial charge in [0.05, 0.1) is 17.1 Å². The zero-order valence-electron chi connectivity index (χ0n) is 13.2. The number of carboxylic acid groups (broad SMARTS) is 1. The maximum atomic E-state index is 12.7. The number of aliphatic carboxylic acids is 1. The molecule has 8 heteroatoms. The monoisotopic (exact) mass is 373 g/mol. The predicted octanol–water partition coefficient (Wildman–Crippen LogP) is 4.30. The van der Waals surface area contributed by atoms with Crippen molar-refractivity contribution in [2.24, 2.45) is 0 Å². The summed E-state index contributed by atoms with van der Waals surface area (Å²) in [4.78, 5) is 11.2. The molecule has 0 aliphatic heterocycles. The number of hydrogen-bond acceptors (Lipinski definition) is 2. The number of carbonyl (C=O) groups excluding carboxylic acids is 1. The van der Waals surface area contributed by atoms with Gasteiger partial charge in [0, 0.05) is 0 Å². The number of hydrogen-bond donors (Lipinski definition) is 0. The lowest BCUT2D eigenvalue weighted by Gasteiger charge is -2.16. The van der Waals surface area contributed by atoms with E-state index in [1.807, 2.05) is 0 Å². The van der Waals surface area contributed by atoms with Crippen molar-refractivity contribution in [3.05, 3.63) is 76.4 Å². The average Bonchev–Trinajstić information content (AvgIpc) is 2.54. The first kappa shape index (κ1) is 19.6. The van der Waals surface area contributed by atoms with Crippen molar-refractivity contribution in [1.82, 2.24) is 0 Å². The third-order valence-electron chi connectivity index (χ3n) is 3.68. The summed E-state index contributed by atoms with van der Waals surface area (Å²) < 4.78 is 76.0. The first-order valence-electron chi connectivity index (χ1n) is 7.18. The van der Waals surface area contributed by atoms with Gasteiger partial charge in [0.1, 0.15) is 0 Å². The van der Waals surface area contributed by atoms with Gasteiger partial charge in [-0.25, -0.2) is 0 Å². The molecule has 138 valence electrons. The van der Waals surface area contributed by atoms with E-state index in [4.69, 9.17) is 0 Å². The van der Waals surface area contributed by atoms with Crippen molar-refractivity contribution in [1.29, 1.82) is 0 Å². The molecule has 0 aromatic heterocycles. The van der Waals surface area contributed by atoms with E-state index in [-0.39, 0.29) is 22.3 Å². The summed E-state index contributed by atoms with van der Waals surface area (Å²) in [6.45, 7) is 1.17. The van der Waals surface area contributed by atoms with Gasteiger partial charge in [-0.1, -0.05) is 24.3 Å². The van der Waals surface area contributed by atoms with Crippen molar-refractivity contribution < 1.29 is 36.2 Å². The molecular formula is C18H11F6O2-. The minimum absolute atomic E-state index is 0.0209. The van der Waals surface area contributed by atoms with E-state index in [1.54, 1.807) is 0 Å². The number of carboxylic acids is 1. The summed E-state index contributed by atoms with van der Waals surface area (Å²) >= 11 is 0. The average molecular weight is 373 g/mol. The molecule has 0 amide bonds. The largest absolute Gasteiger partial charge is 0.545 e. The normalized spacial score (nSPS) is 12.0. The zero-order chi connectivity index (χ0) is 19.7. The Kier molecular flexibility index (Phi) is 5.16. The number of halogens is 6. The number of alkyl halides is 6. The molecule has 0 saturated heterocycles. The van der Waals surface area contributed by atoms with Crippen LogP contribution in [0.5, 0.6) is 0 Å². The summed E-state index contributed by atoms with van der Waals surface area (Å²) in [5.74, 6) is -1.58. The lowest BCUT2D eigenvalue weighted by Crippen LogP contribution is -2.24. The van der Waals surface area contributed by atoms with Crippen molar-refractivity contribution in [3.8, 4) is 0 Å². The van der Waals surface area contributed by atoms with Gasteiger partial charge in [-0.15, -0.1) is 0 Å². The van der Waals surface area contributed by atoms with E-state index in [1.165, 1.54) is 6.92 Å². The molecule has 0 atom stereocenters. The van der Waals surface area contributed by atoms with Crippen LogP contribution in [0, 0.1) is 0 Å². The van der Waals surface area contributed by atoms with E-state index in [9.17, 15) is 36.2 Å². The summed E-state index contributed by atoms with van der Waals surface area (Å²) in [5.41, 5.74) is -1.98. The minimum Gasteiger partial charge on any atom is -0.545 e. The van der Waals surface area contributed by atoms with E-state index >= 15 is 0 Å². The van der Waals surface area contributed by atoms with Crippen LogP contribution < -0.4 is 5.11 Å². The Morgan fingerprint density at radius 1 is 0.731 bits per heavy atom. The fourth-order valence-electron chi connectivity index (χ4n) is 2.35. The summed E-state index contributed by atoms with van der Waals surface area (Å²) in [7, 11) is 0. The molecule has 0 fully saturated rings. The standard InChI is InChI=1S/C18H12F6O2/c1-10(16(25)26)15(11-2-6-13(7-3-11)17(19,20)21)12-4-8-14(9-5-12)18(22,23)24/h2-9H,1H3,(H,25,26)/p-1. The third-order valence-corrected chi connectivity index (χ3v) is 3.68. The van der Waals surface area contributed by atoms with Crippen molar-refractivity contribution >= 4 is 11.5 Å². The highest BCUT2D eigenvalue weighted by atomic mass is 19.4. The Morgan fingerprint density at radius 2 is 1.04 bits per heavy atom. The van der Waals surface area contributed by atoms with Crippen LogP contribution >= 0.6 is 0 Å². The smallest absolute Gasteiger partial charge is 0.416 e. The Morgan fingerprint density at radius 3 is 1.27 bits per heavy atom. The second-order valence-corrected chi connectivity index (χ2v) is 5.44. The van der Waals surface area contributed by atoms with Crippen LogP contribution in [0.4, 0.5) is 26.3 Å². The second kappa shape index (κ2) is 6.86. The predicted molar refractivity (Wildman–Crippen MR) is 79.6 cm³/mol. The molecule has 0 unspecified atom stereocenters. The van der Waals surface area contributed by atoms with E-state index in [2.05, 4.69) is 0 Å². The molecule has 0 radical (unpaired) electrons. The number of benzene rings is 2. The van der Waals surface area contributed by atoms with E-state index in [0.29, 0.717) is 0 Å². The fourth-order valence-corrected chi connectivity index (χ4v) is 2.35. The van der Waals surface area contributed by atoms with Gasteiger partial charge >= 0.3 is 12.4 Å². The number of carbonyl (C=O) groups is 1. The van der Waals surface area contributed by atoms with E-state index < -0.39 is 29.4 Å². The van der Waals surface area contributed by atoms with Crippen LogP contribution in [0.1, 0.15) is 29.2 Å². The maximum absolute atomic E-state index is 12.7. The van der Waals surface area contributed by atoms with Gasteiger partial charge < -0.3 is 9.90 Å². The van der Waals surface area contributed by atoms with Gasteiger partial charge in [-0.3, -0.25) is 0 Å². The van der Waals surface area contributed by atoms with Crippen molar-refractivity contribution in [2.45, 2.75) is 19.3 Å². The van der Waals surface area contributed by atoms with Crippen LogP contribution in [-0.2, 0) is 17.1 Å². The molecule has 2 nitrogen and oxygen atoms in total. The molecule has 2 aromatic rings. The Bertz CT molecular complexity index is 768. The third kappa shape index (κ3) is 4.25. The first-order chi connectivity index (χ1) is 11.9. The summed E-state index contributed by atoms with van der Waals surface area (Å²) in [6, 6.07) is 7.29. The van der Waals surface area contributed by atoms with Gasteiger partial charge in [0.15, 0.2) is 0 Å². The van der Waals surface area contributed by atoms with Gasteiger partial charge in [0.25, 0.3) is 0 Å². The van der Waals surface area contributed by atoms with Crippen LogP contribution in [0.3, 0.4) is 0 Å². The zero-order valence-corrected chi connectivity index (χ0v) is 13.2. The Balaban J connectivity index is 2.56. The molecule has 0 aliphatic carbocycles. The van der Waals surface area contributed by atoms with Crippen LogP contribution in [-0.4, -0.2) is 5.97 Å². The lowest BCUT2D eigenvalue weighted by molar-refractivity contribution is -0.299. The van der Waals surface area contributed by atoms with Crippen LogP contribution in [0.25, 0.3) is 5.57 Å². The molecule has 0 spiro atoms. The molecule has 26 heavy (non-hydrogen) atoms. The highest BCUT2D eigenvalue weighted by molar-refractivity contribution is 5.99. The molecule has 0 saturated carbocycles. The van der Waals surface area contributed by atoms with E-state index in [0.717, 1.165) is 48.5 Å². The molecule has 0 heterocycles. The molecule has 2 aromatic carbocycles. The van der Waals surface area contributed by atoms with Gasteiger partial charge in [0.2, 0.25) is 0 Å². The molecular weight excluding hydrogens is 362 g/mol. The first-order valence-corrected chi connectivity index (χ1v) is 7.18. The second-order valence-electron chi connectivity index (χ2n) is 5.44. The molecule has 0 aliphatic rings. The van der Waals surface area contributed by atoms with Crippen LogP contribution in [0.15, 0.2) is 54.1 Å².